The third-order valence-electron chi connectivity index (χ3n) is 3.66. The number of para-hydroxylation sites is 1. The van der Waals surface area contributed by atoms with Crippen LogP contribution in [0.4, 0.5) is 11.4 Å². The van der Waals surface area contributed by atoms with Crippen molar-refractivity contribution >= 4 is 11.4 Å². The first-order valence-electron chi connectivity index (χ1n) is 7.30. The van der Waals surface area contributed by atoms with Crippen LogP contribution in [0.3, 0.4) is 0 Å². The summed E-state index contributed by atoms with van der Waals surface area (Å²) in [6, 6.07) is 15.2. The van der Waals surface area contributed by atoms with Crippen LogP contribution < -0.4 is 10.6 Å². The molecule has 0 aliphatic rings. The average molecular weight is 268 g/mol. The normalized spacial score (nSPS) is 10.6. The number of benzene rings is 2. The van der Waals surface area contributed by atoms with E-state index in [4.69, 9.17) is 5.73 Å². The standard InChI is InChI=1S/C18H24N2/c1-4-20(17-8-6-5-7-15(17)3)18-10-9-14(2)13-16(18)11-12-19/h5-10,13H,4,11-12,19H2,1-3H3. The molecule has 0 bridgehead atoms. The minimum Gasteiger partial charge on any atom is -0.341 e. The van der Waals surface area contributed by atoms with Gasteiger partial charge in [0.15, 0.2) is 0 Å². The molecule has 2 aromatic rings. The molecule has 0 unspecified atom stereocenters. The summed E-state index contributed by atoms with van der Waals surface area (Å²) in [4.78, 5) is 2.37. The highest BCUT2D eigenvalue weighted by molar-refractivity contribution is 5.69. The Morgan fingerprint density at radius 3 is 2.40 bits per heavy atom. The molecular weight excluding hydrogens is 244 g/mol. The zero-order chi connectivity index (χ0) is 14.5. The fraction of sp³-hybridized carbons (Fsp3) is 0.333. The van der Waals surface area contributed by atoms with E-state index in [0.717, 1.165) is 13.0 Å². The van der Waals surface area contributed by atoms with Gasteiger partial charge in [-0.15, -0.1) is 0 Å². The van der Waals surface area contributed by atoms with Crippen molar-refractivity contribution in [3.63, 3.8) is 0 Å². The lowest BCUT2D eigenvalue weighted by molar-refractivity contribution is 0.938. The zero-order valence-electron chi connectivity index (χ0n) is 12.7. The SMILES string of the molecule is CCN(c1ccccc1C)c1ccc(C)cc1CCN. The highest BCUT2D eigenvalue weighted by Gasteiger charge is 2.13. The van der Waals surface area contributed by atoms with Crippen molar-refractivity contribution in [3.05, 3.63) is 59.2 Å². The maximum Gasteiger partial charge on any atom is 0.0443 e. The summed E-state index contributed by atoms with van der Waals surface area (Å²) in [6.07, 6.45) is 0.916. The van der Waals surface area contributed by atoms with Crippen molar-refractivity contribution in [1.82, 2.24) is 0 Å². The largest absolute Gasteiger partial charge is 0.341 e. The van der Waals surface area contributed by atoms with E-state index in [0.29, 0.717) is 6.54 Å². The molecule has 0 fully saturated rings. The number of nitrogens with two attached hydrogens (primary N) is 1. The molecule has 106 valence electrons. The van der Waals surface area contributed by atoms with Crippen LogP contribution in [0.15, 0.2) is 42.5 Å². The Balaban J connectivity index is 2.49. The van der Waals surface area contributed by atoms with Gasteiger partial charge in [-0.1, -0.05) is 35.9 Å². The lowest BCUT2D eigenvalue weighted by Gasteiger charge is -2.27. The van der Waals surface area contributed by atoms with Gasteiger partial charge >= 0.3 is 0 Å². The second kappa shape index (κ2) is 6.58. The van der Waals surface area contributed by atoms with Gasteiger partial charge in [-0.2, -0.15) is 0 Å². The fourth-order valence-corrected chi connectivity index (χ4v) is 2.67. The van der Waals surface area contributed by atoms with Gasteiger partial charge in [0.05, 0.1) is 0 Å². The van der Waals surface area contributed by atoms with Crippen LogP contribution >= 0.6 is 0 Å². The summed E-state index contributed by atoms with van der Waals surface area (Å²) in [6.45, 7) is 8.12. The van der Waals surface area contributed by atoms with E-state index in [1.807, 2.05) is 0 Å². The molecule has 2 aromatic carbocycles. The van der Waals surface area contributed by atoms with E-state index >= 15 is 0 Å². The Labute approximate surface area is 122 Å². The van der Waals surface area contributed by atoms with Gasteiger partial charge < -0.3 is 10.6 Å². The first-order valence-corrected chi connectivity index (χ1v) is 7.30. The van der Waals surface area contributed by atoms with E-state index in [9.17, 15) is 0 Å². The van der Waals surface area contributed by atoms with Gasteiger partial charge in [-0.3, -0.25) is 0 Å². The maximum atomic E-state index is 5.77. The molecule has 0 aliphatic heterocycles. The molecule has 0 atom stereocenters. The van der Waals surface area contributed by atoms with Gasteiger partial charge in [-0.05, 0) is 57.0 Å². The Kier molecular flexibility index (Phi) is 4.80. The summed E-state index contributed by atoms with van der Waals surface area (Å²) >= 11 is 0. The van der Waals surface area contributed by atoms with Crippen molar-refractivity contribution < 1.29 is 0 Å². The van der Waals surface area contributed by atoms with Gasteiger partial charge in [0.2, 0.25) is 0 Å². The summed E-state index contributed by atoms with van der Waals surface area (Å²) in [5, 5.41) is 0. The molecule has 2 rings (SSSR count). The molecule has 0 heterocycles. The smallest absolute Gasteiger partial charge is 0.0443 e. The van der Waals surface area contributed by atoms with Gasteiger partial charge in [0.1, 0.15) is 0 Å². The number of rotatable bonds is 5. The maximum absolute atomic E-state index is 5.77. The second-order valence-electron chi connectivity index (χ2n) is 5.20. The third-order valence-corrected chi connectivity index (χ3v) is 3.66. The molecular formula is C18H24N2. The highest BCUT2D eigenvalue weighted by Crippen LogP contribution is 2.31. The van der Waals surface area contributed by atoms with Gasteiger partial charge in [0.25, 0.3) is 0 Å². The van der Waals surface area contributed by atoms with E-state index in [1.54, 1.807) is 0 Å². The summed E-state index contributed by atoms with van der Waals surface area (Å²) in [7, 11) is 0. The van der Waals surface area contributed by atoms with Crippen molar-refractivity contribution in [2.24, 2.45) is 5.73 Å². The topological polar surface area (TPSA) is 29.3 Å². The molecule has 2 heteroatoms. The molecule has 2 nitrogen and oxygen atoms in total. The Bertz CT molecular complexity index is 575. The number of hydrogen-bond donors (Lipinski definition) is 1. The summed E-state index contributed by atoms with van der Waals surface area (Å²) < 4.78 is 0. The molecule has 2 N–H and O–H groups in total. The molecule has 20 heavy (non-hydrogen) atoms. The monoisotopic (exact) mass is 268 g/mol. The molecule has 0 spiro atoms. The van der Waals surface area contributed by atoms with Crippen LogP contribution in [0.1, 0.15) is 23.6 Å². The van der Waals surface area contributed by atoms with E-state index in [1.165, 1.54) is 28.1 Å². The average Bonchev–Trinajstić information content (AvgIpc) is 2.44. The first kappa shape index (κ1) is 14.6. The van der Waals surface area contributed by atoms with Crippen molar-refractivity contribution in [2.75, 3.05) is 18.0 Å². The van der Waals surface area contributed by atoms with Crippen LogP contribution in [0.25, 0.3) is 0 Å². The third kappa shape index (κ3) is 3.02. The van der Waals surface area contributed by atoms with Crippen molar-refractivity contribution in [3.8, 4) is 0 Å². The Morgan fingerprint density at radius 2 is 1.75 bits per heavy atom. The highest BCUT2D eigenvalue weighted by atomic mass is 15.1. The minimum absolute atomic E-state index is 0.682. The summed E-state index contributed by atoms with van der Waals surface area (Å²) in [5.74, 6) is 0. The van der Waals surface area contributed by atoms with E-state index in [2.05, 4.69) is 68.1 Å². The van der Waals surface area contributed by atoms with Crippen LogP contribution in [-0.2, 0) is 6.42 Å². The number of nitrogens with zero attached hydrogens (tertiary/aromatic N) is 1. The minimum atomic E-state index is 0.682. The molecule has 0 radical (unpaired) electrons. The molecule has 0 aromatic heterocycles. The van der Waals surface area contributed by atoms with Crippen LogP contribution in [-0.4, -0.2) is 13.1 Å². The number of hydrogen-bond acceptors (Lipinski definition) is 2. The quantitative estimate of drug-likeness (QED) is 0.889. The molecule has 0 saturated carbocycles. The lowest BCUT2D eigenvalue weighted by atomic mass is 10.0. The fourth-order valence-electron chi connectivity index (χ4n) is 2.67. The van der Waals surface area contributed by atoms with Crippen LogP contribution in [0.2, 0.25) is 0 Å². The van der Waals surface area contributed by atoms with Crippen LogP contribution in [0, 0.1) is 13.8 Å². The first-order chi connectivity index (χ1) is 9.67. The second-order valence-corrected chi connectivity index (χ2v) is 5.20. The molecule has 0 saturated heterocycles. The van der Waals surface area contributed by atoms with E-state index in [-0.39, 0.29) is 0 Å². The van der Waals surface area contributed by atoms with Crippen molar-refractivity contribution in [2.45, 2.75) is 27.2 Å². The molecule has 0 amide bonds. The summed E-state index contributed by atoms with van der Waals surface area (Å²) in [5.41, 5.74) is 12.2. The lowest BCUT2D eigenvalue weighted by Crippen LogP contribution is -2.19. The van der Waals surface area contributed by atoms with Crippen molar-refractivity contribution in [1.29, 1.82) is 0 Å². The number of anilines is 2. The van der Waals surface area contributed by atoms with Gasteiger partial charge in [0, 0.05) is 17.9 Å². The van der Waals surface area contributed by atoms with Gasteiger partial charge in [-0.25, -0.2) is 0 Å². The number of aryl methyl sites for hydroxylation is 2. The Morgan fingerprint density at radius 1 is 1.00 bits per heavy atom. The van der Waals surface area contributed by atoms with Crippen LogP contribution in [0.5, 0.6) is 0 Å². The predicted octanol–water partition coefficient (Wildman–Crippen LogP) is 3.96. The zero-order valence-corrected chi connectivity index (χ0v) is 12.7. The van der Waals surface area contributed by atoms with E-state index < -0.39 is 0 Å². The Hall–Kier alpha value is -1.80. The molecule has 0 aliphatic carbocycles. The predicted molar refractivity (Wildman–Crippen MR) is 87.8 cm³/mol.